The van der Waals surface area contributed by atoms with Gasteiger partial charge in [-0.3, -0.25) is 4.90 Å². The molecule has 1 saturated heterocycles. The van der Waals surface area contributed by atoms with Crippen molar-refractivity contribution in [2.24, 2.45) is 0 Å². The standard InChI is InChI=1S/C11H14F2N2O/c1-14-5-6-15(11(14)16-2)10-4-3-8(12)7-9(10)13/h3-4,7,11H,5-6H2,1-2H3. The van der Waals surface area contributed by atoms with Gasteiger partial charge in [0, 0.05) is 26.3 Å². The van der Waals surface area contributed by atoms with Gasteiger partial charge >= 0.3 is 0 Å². The van der Waals surface area contributed by atoms with Gasteiger partial charge in [0.1, 0.15) is 11.6 Å². The van der Waals surface area contributed by atoms with E-state index in [0.717, 1.165) is 12.6 Å². The quantitative estimate of drug-likeness (QED) is 0.765. The first kappa shape index (κ1) is 11.3. The van der Waals surface area contributed by atoms with Crippen LogP contribution < -0.4 is 4.90 Å². The molecule has 0 radical (unpaired) electrons. The van der Waals surface area contributed by atoms with Crippen LogP contribution in [-0.4, -0.2) is 38.5 Å². The molecule has 1 heterocycles. The maximum absolute atomic E-state index is 13.6. The summed E-state index contributed by atoms with van der Waals surface area (Å²) in [6, 6.07) is 3.58. The Labute approximate surface area is 93.2 Å². The van der Waals surface area contributed by atoms with Crippen LogP contribution in [0, 0.1) is 11.6 Å². The molecule has 1 atom stereocenters. The Bertz CT molecular complexity index is 386. The number of ether oxygens (including phenoxy) is 1. The van der Waals surface area contributed by atoms with Crippen molar-refractivity contribution in [1.29, 1.82) is 0 Å². The number of methoxy groups -OCH3 is 1. The zero-order valence-electron chi connectivity index (χ0n) is 9.28. The van der Waals surface area contributed by atoms with Crippen molar-refractivity contribution in [3.05, 3.63) is 29.8 Å². The fourth-order valence-corrected chi connectivity index (χ4v) is 1.99. The normalized spacial score (nSPS) is 21.8. The number of hydrogen-bond donors (Lipinski definition) is 0. The van der Waals surface area contributed by atoms with E-state index in [1.54, 1.807) is 12.0 Å². The van der Waals surface area contributed by atoms with E-state index < -0.39 is 11.6 Å². The van der Waals surface area contributed by atoms with E-state index >= 15 is 0 Å². The van der Waals surface area contributed by atoms with E-state index in [9.17, 15) is 8.78 Å². The third kappa shape index (κ3) is 1.88. The molecular weight excluding hydrogens is 214 g/mol. The van der Waals surface area contributed by atoms with Crippen molar-refractivity contribution in [1.82, 2.24) is 4.90 Å². The average Bonchev–Trinajstić information content (AvgIpc) is 2.59. The SMILES string of the molecule is COC1N(C)CCN1c1ccc(F)cc1F. The number of benzene rings is 1. The average molecular weight is 228 g/mol. The van der Waals surface area contributed by atoms with E-state index in [0.29, 0.717) is 12.2 Å². The van der Waals surface area contributed by atoms with Gasteiger partial charge in [0.15, 0.2) is 6.35 Å². The Kier molecular flexibility index (Phi) is 3.07. The molecule has 16 heavy (non-hydrogen) atoms. The molecule has 1 fully saturated rings. The summed E-state index contributed by atoms with van der Waals surface area (Å²) in [5, 5.41) is 0. The molecule has 0 N–H and O–H groups in total. The Hall–Kier alpha value is -1.20. The zero-order chi connectivity index (χ0) is 11.7. The molecule has 0 aromatic heterocycles. The minimum Gasteiger partial charge on any atom is -0.348 e. The second-order valence-electron chi connectivity index (χ2n) is 3.83. The van der Waals surface area contributed by atoms with Crippen LogP contribution in [0.2, 0.25) is 0 Å². The van der Waals surface area contributed by atoms with E-state index in [1.165, 1.54) is 12.1 Å². The number of halogens is 2. The third-order valence-electron chi connectivity index (χ3n) is 2.77. The second kappa shape index (κ2) is 4.35. The van der Waals surface area contributed by atoms with Crippen molar-refractivity contribution in [2.75, 3.05) is 32.1 Å². The lowest BCUT2D eigenvalue weighted by Gasteiger charge is -2.28. The van der Waals surface area contributed by atoms with Crippen LogP contribution in [-0.2, 0) is 4.74 Å². The van der Waals surface area contributed by atoms with Gasteiger partial charge in [-0.25, -0.2) is 8.78 Å². The summed E-state index contributed by atoms with van der Waals surface area (Å²) < 4.78 is 31.6. The van der Waals surface area contributed by atoms with Gasteiger partial charge in [-0.1, -0.05) is 0 Å². The maximum atomic E-state index is 13.6. The molecule has 88 valence electrons. The van der Waals surface area contributed by atoms with E-state index in [2.05, 4.69) is 0 Å². The van der Waals surface area contributed by atoms with Crippen LogP contribution in [0.5, 0.6) is 0 Å². The van der Waals surface area contributed by atoms with Crippen molar-refractivity contribution >= 4 is 5.69 Å². The molecule has 3 nitrogen and oxygen atoms in total. The summed E-state index contributed by atoms with van der Waals surface area (Å²) in [6.07, 6.45) is -0.292. The lowest BCUT2D eigenvalue weighted by atomic mass is 10.2. The van der Waals surface area contributed by atoms with E-state index in [-0.39, 0.29) is 6.35 Å². The van der Waals surface area contributed by atoms with Crippen LogP contribution in [0.1, 0.15) is 0 Å². The van der Waals surface area contributed by atoms with Gasteiger partial charge in [-0.05, 0) is 19.2 Å². The van der Waals surface area contributed by atoms with Crippen LogP contribution >= 0.6 is 0 Å². The molecule has 5 heteroatoms. The summed E-state index contributed by atoms with van der Waals surface area (Å²) in [6.45, 7) is 1.45. The Balaban J connectivity index is 2.30. The number of rotatable bonds is 2. The first-order valence-electron chi connectivity index (χ1n) is 5.08. The number of hydrogen-bond acceptors (Lipinski definition) is 3. The largest absolute Gasteiger partial charge is 0.348 e. The maximum Gasteiger partial charge on any atom is 0.188 e. The molecule has 1 aromatic carbocycles. The van der Waals surface area contributed by atoms with Gasteiger partial charge in [0.05, 0.1) is 5.69 Å². The third-order valence-corrected chi connectivity index (χ3v) is 2.77. The molecule has 2 rings (SSSR count). The number of anilines is 1. The number of likely N-dealkylation sites (N-methyl/N-ethyl adjacent to an activating group) is 1. The minimum absolute atomic E-state index is 0.292. The van der Waals surface area contributed by atoms with Crippen LogP contribution in [0.4, 0.5) is 14.5 Å². The van der Waals surface area contributed by atoms with Gasteiger partial charge in [0.25, 0.3) is 0 Å². The summed E-state index contributed by atoms with van der Waals surface area (Å²) in [7, 11) is 3.47. The highest BCUT2D eigenvalue weighted by Gasteiger charge is 2.30. The summed E-state index contributed by atoms with van der Waals surface area (Å²) in [4.78, 5) is 3.73. The summed E-state index contributed by atoms with van der Waals surface area (Å²) in [5.41, 5.74) is 0.373. The molecule has 1 aliphatic heterocycles. The predicted octanol–water partition coefficient (Wildman–Crippen LogP) is 1.65. The predicted molar refractivity (Wildman–Crippen MR) is 57.1 cm³/mol. The lowest BCUT2D eigenvalue weighted by molar-refractivity contribution is 0.0122. The fraction of sp³-hybridized carbons (Fsp3) is 0.455. The summed E-state index contributed by atoms with van der Waals surface area (Å²) in [5.74, 6) is -1.12. The molecule has 1 aliphatic rings. The highest BCUT2D eigenvalue weighted by atomic mass is 19.1. The molecule has 1 aromatic rings. The smallest absolute Gasteiger partial charge is 0.188 e. The van der Waals surface area contributed by atoms with Crippen molar-refractivity contribution in [3.8, 4) is 0 Å². The monoisotopic (exact) mass is 228 g/mol. The van der Waals surface area contributed by atoms with Crippen LogP contribution in [0.3, 0.4) is 0 Å². The van der Waals surface area contributed by atoms with E-state index in [4.69, 9.17) is 4.74 Å². The van der Waals surface area contributed by atoms with Gasteiger partial charge in [-0.2, -0.15) is 0 Å². The Morgan fingerprint density at radius 2 is 2.06 bits per heavy atom. The first-order chi connectivity index (χ1) is 7.63. The molecule has 0 bridgehead atoms. The topological polar surface area (TPSA) is 15.7 Å². The lowest BCUT2D eigenvalue weighted by Crippen LogP contribution is -2.38. The molecule has 0 amide bonds. The molecule has 1 unspecified atom stereocenters. The fourth-order valence-electron chi connectivity index (χ4n) is 1.99. The van der Waals surface area contributed by atoms with Crippen LogP contribution in [0.25, 0.3) is 0 Å². The van der Waals surface area contributed by atoms with Gasteiger partial charge < -0.3 is 9.64 Å². The highest BCUT2D eigenvalue weighted by Crippen LogP contribution is 2.26. The minimum atomic E-state index is -0.567. The van der Waals surface area contributed by atoms with Gasteiger partial charge in [0.2, 0.25) is 0 Å². The molecule has 0 spiro atoms. The van der Waals surface area contributed by atoms with Crippen molar-refractivity contribution in [2.45, 2.75) is 6.35 Å². The van der Waals surface area contributed by atoms with Gasteiger partial charge in [-0.15, -0.1) is 0 Å². The Morgan fingerprint density at radius 1 is 1.31 bits per heavy atom. The molecule has 0 saturated carbocycles. The Morgan fingerprint density at radius 3 is 2.69 bits per heavy atom. The number of nitrogens with zero attached hydrogens (tertiary/aromatic N) is 2. The van der Waals surface area contributed by atoms with Crippen molar-refractivity contribution < 1.29 is 13.5 Å². The zero-order valence-corrected chi connectivity index (χ0v) is 9.28. The van der Waals surface area contributed by atoms with E-state index in [1.807, 2.05) is 11.9 Å². The van der Waals surface area contributed by atoms with Crippen LogP contribution in [0.15, 0.2) is 18.2 Å². The highest BCUT2D eigenvalue weighted by molar-refractivity contribution is 5.49. The molecule has 0 aliphatic carbocycles. The second-order valence-corrected chi connectivity index (χ2v) is 3.83. The summed E-state index contributed by atoms with van der Waals surface area (Å²) >= 11 is 0. The first-order valence-corrected chi connectivity index (χ1v) is 5.08. The molecular formula is C11H14F2N2O. The van der Waals surface area contributed by atoms with Crippen molar-refractivity contribution in [3.63, 3.8) is 0 Å².